The molecule has 1 aromatic heterocycles. The lowest BCUT2D eigenvalue weighted by Crippen LogP contribution is -2.39. The Kier molecular flexibility index (Phi) is 7.21. The molecule has 1 aromatic carbocycles. The number of aryl methyl sites for hydroxylation is 1. The largest absolute Gasteiger partial charge is 0.504 e. The maximum absolute atomic E-state index is 13.3. The van der Waals surface area contributed by atoms with Crippen molar-refractivity contribution in [3.8, 4) is 11.4 Å². The van der Waals surface area contributed by atoms with E-state index in [1.54, 1.807) is 17.9 Å². The molecule has 0 unspecified atom stereocenters. The van der Waals surface area contributed by atoms with Gasteiger partial charge in [0.25, 0.3) is 5.91 Å². The second kappa shape index (κ2) is 9.19. The highest BCUT2D eigenvalue weighted by atomic mass is 35.5. The Labute approximate surface area is 164 Å². The average molecular weight is 397 g/mol. The highest BCUT2D eigenvalue weighted by molar-refractivity contribution is 5.94. The number of hydrogen-bond acceptors (Lipinski definition) is 4. The Balaban J connectivity index is 0.00000261. The maximum atomic E-state index is 13.3. The molecule has 148 valence electrons. The first-order valence-corrected chi connectivity index (χ1v) is 8.98. The third-order valence-electron chi connectivity index (χ3n) is 5.01. The maximum Gasteiger partial charge on any atom is 0.278 e. The van der Waals surface area contributed by atoms with Crippen LogP contribution in [0.4, 0.5) is 4.39 Å². The van der Waals surface area contributed by atoms with E-state index < -0.39 is 0 Å². The molecule has 27 heavy (non-hydrogen) atoms. The molecule has 6 nitrogen and oxygen atoms in total. The van der Waals surface area contributed by atoms with Crippen LogP contribution in [0.5, 0.6) is 5.75 Å². The molecular weight excluding hydrogens is 371 g/mol. The molecule has 8 heteroatoms. The second-order valence-electron chi connectivity index (χ2n) is 6.87. The number of hydrogen-bond donors (Lipinski definition) is 2. The van der Waals surface area contributed by atoms with Crippen molar-refractivity contribution in [2.24, 2.45) is 5.92 Å². The number of nitrogens with one attached hydrogen (secondary N) is 1. The lowest BCUT2D eigenvalue weighted by atomic mass is 9.93. The van der Waals surface area contributed by atoms with Crippen LogP contribution < -0.4 is 5.32 Å². The summed E-state index contributed by atoms with van der Waals surface area (Å²) >= 11 is 0. The van der Waals surface area contributed by atoms with E-state index in [-0.39, 0.29) is 35.6 Å². The monoisotopic (exact) mass is 396 g/mol. The summed E-state index contributed by atoms with van der Waals surface area (Å²) in [4.78, 5) is 14.5. The van der Waals surface area contributed by atoms with Gasteiger partial charge in [0.15, 0.2) is 11.4 Å². The predicted molar refractivity (Wildman–Crippen MR) is 104 cm³/mol. The van der Waals surface area contributed by atoms with Gasteiger partial charge in [0, 0.05) is 13.1 Å². The topological polar surface area (TPSA) is 70.4 Å². The molecule has 0 atom stereocenters. The number of amides is 1. The Morgan fingerprint density at radius 1 is 1.37 bits per heavy atom. The number of carbonyl (C=O) groups excluding carboxylic acids is 1. The molecule has 2 N–H and O–H groups in total. The van der Waals surface area contributed by atoms with Gasteiger partial charge >= 0.3 is 0 Å². The molecule has 0 saturated carbocycles. The Hall–Kier alpha value is -2.12. The zero-order chi connectivity index (χ0) is 18.7. The fraction of sp³-hybridized carbons (Fsp3) is 0.474. The number of likely N-dealkylation sites (tertiary alicyclic amines) is 1. The SMILES string of the molecule is CNCCC1CCN(C(=O)c2nn(-c3ccc(F)cc3C)cc2O)CC1.Cl. The summed E-state index contributed by atoms with van der Waals surface area (Å²) in [7, 11) is 1.95. The summed E-state index contributed by atoms with van der Waals surface area (Å²) in [5.41, 5.74) is 1.35. The smallest absolute Gasteiger partial charge is 0.278 e. The highest BCUT2D eigenvalue weighted by Crippen LogP contribution is 2.25. The third kappa shape index (κ3) is 4.78. The number of benzene rings is 1. The number of halogens is 2. The van der Waals surface area contributed by atoms with Crippen LogP contribution in [0, 0.1) is 18.7 Å². The van der Waals surface area contributed by atoms with Gasteiger partial charge < -0.3 is 15.3 Å². The number of nitrogens with zero attached hydrogens (tertiary/aromatic N) is 3. The second-order valence-corrected chi connectivity index (χ2v) is 6.87. The van der Waals surface area contributed by atoms with Gasteiger partial charge in [0.1, 0.15) is 5.82 Å². The molecular formula is C19H26ClFN4O2. The van der Waals surface area contributed by atoms with Crippen LogP contribution in [0.15, 0.2) is 24.4 Å². The first-order valence-electron chi connectivity index (χ1n) is 8.98. The minimum absolute atomic E-state index is 0. The third-order valence-corrected chi connectivity index (χ3v) is 5.01. The van der Waals surface area contributed by atoms with Crippen molar-refractivity contribution < 1.29 is 14.3 Å². The molecule has 0 radical (unpaired) electrons. The van der Waals surface area contributed by atoms with E-state index in [0.717, 1.165) is 25.8 Å². The van der Waals surface area contributed by atoms with Gasteiger partial charge in [-0.05, 0) is 69.5 Å². The van der Waals surface area contributed by atoms with Gasteiger partial charge in [0.2, 0.25) is 0 Å². The molecule has 1 saturated heterocycles. The van der Waals surface area contributed by atoms with Gasteiger partial charge in [-0.1, -0.05) is 0 Å². The number of carbonyl (C=O) groups is 1. The van der Waals surface area contributed by atoms with Crippen molar-refractivity contribution in [1.29, 1.82) is 0 Å². The van der Waals surface area contributed by atoms with Gasteiger partial charge in [0.05, 0.1) is 11.9 Å². The fourth-order valence-corrected chi connectivity index (χ4v) is 3.44. The molecule has 0 spiro atoms. The number of aromatic nitrogens is 2. The molecule has 1 amide bonds. The summed E-state index contributed by atoms with van der Waals surface area (Å²) < 4.78 is 14.7. The zero-order valence-electron chi connectivity index (χ0n) is 15.6. The van der Waals surface area contributed by atoms with Crippen LogP contribution >= 0.6 is 12.4 Å². The van der Waals surface area contributed by atoms with Crippen LogP contribution in [0.3, 0.4) is 0 Å². The highest BCUT2D eigenvalue weighted by Gasteiger charge is 2.27. The van der Waals surface area contributed by atoms with Crippen molar-refractivity contribution in [2.45, 2.75) is 26.2 Å². The molecule has 0 bridgehead atoms. The number of rotatable bonds is 5. The molecule has 1 aliphatic rings. The van der Waals surface area contributed by atoms with E-state index in [9.17, 15) is 14.3 Å². The van der Waals surface area contributed by atoms with E-state index in [1.807, 2.05) is 7.05 Å². The van der Waals surface area contributed by atoms with Crippen molar-refractivity contribution in [3.63, 3.8) is 0 Å². The Bertz CT molecular complexity index is 788. The average Bonchev–Trinajstić information content (AvgIpc) is 3.01. The van der Waals surface area contributed by atoms with E-state index in [4.69, 9.17) is 0 Å². The van der Waals surface area contributed by atoms with Crippen molar-refractivity contribution in [2.75, 3.05) is 26.7 Å². The van der Waals surface area contributed by atoms with Gasteiger partial charge in [-0.15, -0.1) is 12.4 Å². The van der Waals surface area contributed by atoms with Crippen LogP contribution in [0.2, 0.25) is 0 Å². The molecule has 2 aromatic rings. The summed E-state index contributed by atoms with van der Waals surface area (Å²) in [6.45, 7) is 4.10. The van der Waals surface area contributed by atoms with Gasteiger partial charge in [-0.2, -0.15) is 5.10 Å². The summed E-state index contributed by atoms with van der Waals surface area (Å²) in [5.74, 6) is -0.122. The molecule has 3 rings (SSSR count). The number of aromatic hydroxyl groups is 1. The van der Waals surface area contributed by atoms with E-state index in [0.29, 0.717) is 30.3 Å². The first-order chi connectivity index (χ1) is 12.5. The summed E-state index contributed by atoms with van der Waals surface area (Å²) in [6, 6.07) is 4.31. The minimum atomic E-state index is -0.333. The van der Waals surface area contributed by atoms with E-state index >= 15 is 0 Å². The van der Waals surface area contributed by atoms with Crippen molar-refractivity contribution in [3.05, 3.63) is 41.5 Å². The summed E-state index contributed by atoms with van der Waals surface area (Å²) in [5, 5.41) is 17.6. The van der Waals surface area contributed by atoms with E-state index in [2.05, 4.69) is 10.4 Å². The summed E-state index contributed by atoms with van der Waals surface area (Å²) in [6.07, 6.45) is 4.44. The van der Waals surface area contributed by atoms with Crippen LogP contribution in [-0.4, -0.2) is 52.4 Å². The number of piperidine rings is 1. The van der Waals surface area contributed by atoms with Crippen LogP contribution in [0.1, 0.15) is 35.3 Å². The Morgan fingerprint density at radius 2 is 2.07 bits per heavy atom. The molecule has 0 aliphatic carbocycles. The standard InChI is InChI=1S/C19H25FN4O2.ClH/c1-13-11-15(20)3-4-16(13)24-12-17(25)18(22-24)19(26)23-9-6-14(7-10-23)5-8-21-2;/h3-4,11-12,14,21,25H,5-10H2,1-2H3;1H. The first kappa shape index (κ1) is 21.2. The fourth-order valence-electron chi connectivity index (χ4n) is 3.44. The lowest BCUT2D eigenvalue weighted by Gasteiger charge is -2.31. The van der Waals surface area contributed by atoms with E-state index in [1.165, 1.54) is 23.0 Å². The van der Waals surface area contributed by atoms with Crippen LogP contribution in [-0.2, 0) is 0 Å². The van der Waals surface area contributed by atoms with Crippen LogP contribution in [0.25, 0.3) is 5.69 Å². The predicted octanol–water partition coefficient (Wildman–Crippen LogP) is 2.91. The van der Waals surface area contributed by atoms with Crippen molar-refractivity contribution >= 4 is 18.3 Å². The van der Waals surface area contributed by atoms with Gasteiger partial charge in [-0.25, -0.2) is 9.07 Å². The quantitative estimate of drug-likeness (QED) is 0.815. The normalized spacial score (nSPS) is 14.9. The minimum Gasteiger partial charge on any atom is -0.504 e. The molecule has 1 fully saturated rings. The lowest BCUT2D eigenvalue weighted by molar-refractivity contribution is 0.0677. The molecule has 1 aliphatic heterocycles. The van der Waals surface area contributed by atoms with Gasteiger partial charge in [-0.3, -0.25) is 4.79 Å². The molecule has 2 heterocycles. The zero-order valence-corrected chi connectivity index (χ0v) is 16.4. The Morgan fingerprint density at radius 3 is 2.70 bits per heavy atom. The van der Waals surface area contributed by atoms with Crippen molar-refractivity contribution in [1.82, 2.24) is 20.0 Å².